The van der Waals surface area contributed by atoms with Crippen molar-refractivity contribution in [2.45, 2.75) is 31.0 Å². The zero-order valence-electron chi connectivity index (χ0n) is 15.8. The van der Waals surface area contributed by atoms with E-state index in [9.17, 15) is 17.9 Å². The normalized spacial score (nSPS) is 24.7. The molecule has 2 aromatic rings. The van der Waals surface area contributed by atoms with Gasteiger partial charge < -0.3 is 5.11 Å². The van der Waals surface area contributed by atoms with Gasteiger partial charge in [0.2, 0.25) is 10.0 Å². The van der Waals surface area contributed by atoms with Gasteiger partial charge in [-0.15, -0.1) is 0 Å². The molecule has 0 aromatic heterocycles. The van der Waals surface area contributed by atoms with E-state index < -0.39 is 10.0 Å². The summed E-state index contributed by atoms with van der Waals surface area (Å²) in [4.78, 5) is 2.19. The summed E-state index contributed by atoms with van der Waals surface area (Å²) in [5, 5.41) is 10.1. The second-order valence-electron chi connectivity index (χ2n) is 7.66. The molecule has 2 aromatic carbocycles. The molecule has 2 fully saturated rings. The molecule has 0 radical (unpaired) electrons. The molecule has 0 bridgehead atoms. The molecule has 0 unspecified atom stereocenters. The van der Waals surface area contributed by atoms with E-state index in [4.69, 9.17) is 0 Å². The number of halogens is 1. The zero-order chi connectivity index (χ0) is 19.9. The van der Waals surface area contributed by atoms with Crippen LogP contribution >= 0.6 is 0 Å². The van der Waals surface area contributed by atoms with E-state index >= 15 is 0 Å². The lowest BCUT2D eigenvalue weighted by Gasteiger charge is -2.70. The molecule has 150 valence electrons. The van der Waals surface area contributed by atoms with Gasteiger partial charge in [-0.3, -0.25) is 4.90 Å². The van der Waals surface area contributed by atoms with Crippen LogP contribution in [0.2, 0.25) is 0 Å². The number of sulfonamides is 1. The highest BCUT2D eigenvalue weighted by Crippen LogP contribution is 2.54. The monoisotopic (exact) mass is 404 g/mol. The fourth-order valence-electron chi connectivity index (χ4n) is 4.74. The maximum atomic E-state index is 13.3. The van der Waals surface area contributed by atoms with Gasteiger partial charge in [0.15, 0.2) is 0 Å². The summed E-state index contributed by atoms with van der Waals surface area (Å²) >= 11 is 0. The summed E-state index contributed by atoms with van der Waals surface area (Å²) in [6, 6.07) is 16.2. The summed E-state index contributed by atoms with van der Waals surface area (Å²) < 4.78 is 39.5. The third-order valence-electron chi connectivity index (χ3n) is 6.21. The van der Waals surface area contributed by atoms with Crippen molar-refractivity contribution in [3.63, 3.8) is 0 Å². The number of rotatable bonds is 6. The van der Waals surface area contributed by atoms with Crippen molar-refractivity contribution in [3.05, 3.63) is 71.5 Å². The fraction of sp³-hybridized carbons (Fsp3) is 0.429. The number of aliphatic hydroxyl groups is 1. The van der Waals surface area contributed by atoms with Crippen LogP contribution in [0.5, 0.6) is 0 Å². The van der Waals surface area contributed by atoms with Crippen molar-refractivity contribution in [3.8, 4) is 0 Å². The summed E-state index contributed by atoms with van der Waals surface area (Å²) in [7, 11) is -3.25. The molecule has 5 nitrogen and oxygen atoms in total. The summed E-state index contributed by atoms with van der Waals surface area (Å²) in [5.41, 5.74) is 1.72. The molecule has 2 atom stereocenters. The third-order valence-corrected chi connectivity index (χ3v) is 7.98. The Labute approximate surface area is 165 Å². The third kappa shape index (κ3) is 3.06. The van der Waals surface area contributed by atoms with E-state index in [-0.39, 0.29) is 35.7 Å². The Morgan fingerprint density at radius 3 is 2.32 bits per heavy atom. The van der Waals surface area contributed by atoms with E-state index in [1.54, 1.807) is 19.1 Å². The highest BCUT2D eigenvalue weighted by molar-refractivity contribution is 7.89. The molecule has 2 saturated heterocycles. The number of benzene rings is 2. The fourth-order valence-corrected chi connectivity index (χ4v) is 5.95. The smallest absolute Gasteiger partial charge is 0.213 e. The number of likely N-dealkylation sites (tertiary alicyclic amines) is 1. The number of aliphatic hydroxyl groups excluding tert-OH is 1. The van der Waals surface area contributed by atoms with Crippen LogP contribution in [-0.2, 0) is 16.6 Å². The Morgan fingerprint density at radius 2 is 1.75 bits per heavy atom. The maximum Gasteiger partial charge on any atom is 0.213 e. The van der Waals surface area contributed by atoms with Gasteiger partial charge in [-0.25, -0.2) is 12.8 Å². The lowest BCUT2D eigenvalue weighted by atomic mass is 9.61. The molecular weight excluding hydrogens is 379 g/mol. The van der Waals surface area contributed by atoms with E-state index in [0.29, 0.717) is 19.6 Å². The standard InChI is InChI=1S/C21H25FN2O3S/c1-2-28(26,27)23-14-21(15-23)20(17-6-4-3-5-7-17)19(13-25)24(21)12-16-8-10-18(22)11-9-16/h3-11,19-20,25H,2,12-15H2,1H3/t19-,20-/m1/s1. The van der Waals surface area contributed by atoms with Gasteiger partial charge in [-0.2, -0.15) is 4.31 Å². The van der Waals surface area contributed by atoms with Crippen LogP contribution in [-0.4, -0.2) is 59.8 Å². The molecule has 2 heterocycles. The quantitative estimate of drug-likeness (QED) is 0.802. The van der Waals surface area contributed by atoms with E-state index in [2.05, 4.69) is 4.90 Å². The topological polar surface area (TPSA) is 60.9 Å². The highest BCUT2D eigenvalue weighted by atomic mass is 32.2. The molecule has 7 heteroatoms. The number of hydrogen-bond donors (Lipinski definition) is 1. The van der Waals surface area contributed by atoms with Crippen LogP contribution in [0.1, 0.15) is 24.0 Å². The van der Waals surface area contributed by atoms with Gasteiger partial charge in [0.25, 0.3) is 0 Å². The van der Waals surface area contributed by atoms with Crippen LogP contribution in [0.3, 0.4) is 0 Å². The second-order valence-corrected chi connectivity index (χ2v) is 9.92. The molecule has 4 rings (SSSR count). The maximum absolute atomic E-state index is 13.3. The first kappa shape index (κ1) is 19.5. The van der Waals surface area contributed by atoms with Gasteiger partial charge in [-0.05, 0) is 30.2 Å². The Hall–Kier alpha value is -1.80. The SMILES string of the molecule is CCS(=O)(=O)N1CC2(C1)[C@H](c1ccccc1)[C@@H](CO)N2Cc1ccc(F)cc1. The Morgan fingerprint density at radius 1 is 1.11 bits per heavy atom. The molecule has 0 amide bonds. The summed E-state index contributed by atoms with van der Waals surface area (Å²) in [6.45, 7) is 3.03. The van der Waals surface area contributed by atoms with Gasteiger partial charge in [0.05, 0.1) is 17.9 Å². The van der Waals surface area contributed by atoms with Gasteiger partial charge >= 0.3 is 0 Å². The lowest BCUT2D eigenvalue weighted by molar-refractivity contribution is -0.175. The van der Waals surface area contributed by atoms with Crippen LogP contribution in [0.4, 0.5) is 4.39 Å². The van der Waals surface area contributed by atoms with Crippen molar-refractivity contribution in [1.29, 1.82) is 0 Å². The first-order valence-electron chi connectivity index (χ1n) is 9.56. The minimum atomic E-state index is -3.25. The largest absolute Gasteiger partial charge is 0.395 e. The Bertz CT molecular complexity index is 928. The summed E-state index contributed by atoms with van der Waals surface area (Å²) in [5.74, 6) is -0.144. The molecule has 1 spiro atoms. The minimum Gasteiger partial charge on any atom is -0.395 e. The Balaban J connectivity index is 1.65. The first-order valence-corrected chi connectivity index (χ1v) is 11.2. The number of hydrogen-bond acceptors (Lipinski definition) is 4. The van der Waals surface area contributed by atoms with Crippen molar-refractivity contribution < 1.29 is 17.9 Å². The summed E-state index contributed by atoms with van der Waals surface area (Å²) in [6.07, 6.45) is 0. The lowest BCUT2D eigenvalue weighted by Crippen LogP contribution is -2.84. The second kappa shape index (κ2) is 7.22. The van der Waals surface area contributed by atoms with Crippen molar-refractivity contribution in [1.82, 2.24) is 9.21 Å². The Kier molecular flexibility index (Phi) is 5.03. The molecule has 2 aliphatic heterocycles. The molecule has 28 heavy (non-hydrogen) atoms. The van der Waals surface area contributed by atoms with Gasteiger partial charge in [-0.1, -0.05) is 42.5 Å². The van der Waals surface area contributed by atoms with Crippen LogP contribution in [0, 0.1) is 5.82 Å². The average molecular weight is 405 g/mol. The van der Waals surface area contributed by atoms with Gasteiger partial charge in [0.1, 0.15) is 5.82 Å². The predicted molar refractivity (Wildman–Crippen MR) is 106 cm³/mol. The van der Waals surface area contributed by atoms with E-state index in [0.717, 1.165) is 11.1 Å². The van der Waals surface area contributed by atoms with Gasteiger partial charge in [0, 0.05) is 31.6 Å². The van der Waals surface area contributed by atoms with Crippen LogP contribution in [0.25, 0.3) is 0 Å². The van der Waals surface area contributed by atoms with Crippen molar-refractivity contribution in [2.24, 2.45) is 0 Å². The molecule has 0 saturated carbocycles. The van der Waals surface area contributed by atoms with Crippen LogP contribution < -0.4 is 0 Å². The average Bonchev–Trinajstić information content (AvgIpc) is 2.66. The highest BCUT2D eigenvalue weighted by Gasteiger charge is 2.66. The zero-order valence-corrected chi connectivity index (χ0v) is 16.6. The van der Waals surface area contributed by atoms with E-state index in [1.807, 2.05) is 30.3 Å². The van der Waals surface area contributed by atoms with E-state index in [1.165, 1.54) is 16.4 Å². The predicted octanol–water partition coefficient (Wildman–Crippen LogP) is 2.19. The molecule has 0 aliphatic carbocycles. The van der Waals surface area contributed by atoms with Crippen molar-refractivity contribution >= 4 is 10.0 Å². The van der Waals surface area contributed by atoms with Crippen LogP contribution in [0.15, 0.2) is 54.6 Å². The molecule has 1 N–H and O–H groups in total. The minimum absolute atomic E-state index is 0.0109. The number of nitrogens with zero attached hydrogens (tertiary/aromatic N) is 2. The first-order chi connectivity index (χ1) is 13.4. The molecular formula is C21H25FN2O3S. The van der Waals surface area contributed by atoms with Crippen molar-refractivity contribution in [2.75, 3.05) is 25.4 Å². The molecule has 2 aliphatic rings.